The summed E-state index contributed by atoms with van der Waals surface area (Å²) in [5.41, 5.74) is 13.5. The molecule has 0 atom stereocenters. The minimum atomic E-state index is 1.50. The normalized spacial score (nSPS) is 5.27. The maximum Gasteiger partial charge on any atom is 0.0566 e. The van der Waals surface area contributed by atoms with Crippen molar-refractivity contribution in [2.75, 3.05) is 21.1 Å². The van der Waals surface area contributed by atoms with Crippen molar-refractivity contribution in [2.45, 2.75) is 0 Å². The van der Waals surface area contributed by atoms with E-state index in [0.29, 0.717) is 0 Å². The number of H-pyrrole nitrogens is 1. The van der Waals surface area contributed by atoms with E-state index in [9.17, 15) is 0 Å². The van der Waals surface area contributed by atoms with Crippen LogP contribution in [-0.2, 0) is 0 Å². The second kappa shape index (κ2) is 35.6. The van der Waals surface area contributed by atoms with Crippen LogP contribution >= 0.6 is 0 Å². The fourth-order valence-electron chi connectivity index (χ4n) is 0.186. The van der Waals surface area contributed by atoms with E-state index in [1.54, 1.807) is 12.4 Å². The molecule has 0 aromatic carbocycles. The van der Waals surface area contributed by atoms with Gasteiger partial charge in [-0.1, -0.05) is 0 Å². The van der Waals surface area contributed by atoms with Gasteiger partial charge in [0.25, 0.3) is 0 Å². The van der Waals surface area contributed by atoms with E-state index in [-0.39, 0.29) is 0 Å². The number of aromatic nitrogens is 2. The molecule has 0 fully saturated rings. The Kier molecular flexibility index (Phi) is 53.6. The highest BCUT2D eigenvalue weighted by atomic mass is 15.1. The summed E-state index contributed by atoms with van der Waals surface area (Å²) in [5, 5.41) is 6.10. The number of rotatable bonds is 0. The Labute approximate surface area is 68.0 Å². The molecular formula is C6H18N5. The first-order valence-corrected chi connectivity index (χ1v) is 3.08. The lowest BCUT2D eigenvalue weighted by atomic mass is 10.8. The average molecular weight is 160 g/mol. The highest BCUT2D eigenvalue weighted by Gasteiger charge is 1.58. The van der Waals surface area contributed by atoms with Crippen molar-refractivity contribution >= 4 is 0 Å². The van der Waals surface area contributed by atoms with Crippen LogP contribution in [0.3, 0.4) is 0 Å². The molecule has 5 nitrogen and oxygen atoms in total. The predicted molar refractivity (Wildman–Crippen MR) is 47.8 cm³/mol. The van der Waals surface area contributed by atoms with Gasteiger partial charge in [0.15, 0.2) is 0 Å². The molecule has 0 unspecified atom stereocenters. The lowest BCUT2D eigenvalue weighted by Gasteiger charge is -1.49. The Hall–Kier alpha value is -0.910. The third-order valence-corrected chi connectivity index (χ3v) is 0.362. The molecule has 5 heteroatoms. The summed E-state index contributed by atoms with van der Waals surface area (Å²) < 4.78 is 0. The summed E-state index contributed by atoms with van der Waals surface area (Å²) in [5.74, 6) is 0. The van der Waals surface area contributed by atoms with Crippen LogP contribution in [0.1, 0.15) is 0 Å². The zero-order valence-electron chi connectivity index (χ0n) is 7.33. The van der Waals surface area contributed by atoms with Gasteiger partial charge in [-0.3, -0.25) is 5.10 Å². The Bertz CT molecular complexity index is 67.4. The zero-order valence-corrected chi connectivity index (χ0v) is 7.33. The van der Waals surface area contributed by atoms with E-state index >= 15 is 0 Å². The quantitative estimate of drug-likeness (QED) is 0.388. The SMILES string of the molecule is CN.CN.CN.[c]1cn[nH]c1. The summed E-state index contributed by atoms with van der Waals surface area (Å²) in [6, 6.07) is 2.69. The fraction of sp³-hybridized carbons (Fsp3) is 0.500. The Morgan fingerprint density at radius 1 is 1.09 bits per heavy atom. The van der Waals surface area contributed by atoms with E-state index in [4.69, 9.17) is 0 Å². The van der Waals surface area contributed by atoms with Crippen molar-refractivity contribution in [1.29, 1.82) is 0 Å². The monoisotopic (exact) mass is 160 g/mol. The van der Waals surface area contributed by atoms with Gasteiger partial charge in [0.1, 0.15) is 0 Å². The van der Waals surface area contributed by atoms with Crippen LogP contribution in [0, 0.1) is 6.07 Å². The largest absolute Gasteiger partial charge is 0.333 e. The molecular weight excluding hydrogens is 142 g/mol. The molecule has 11 heavy (non-hydrogen) atoms. The smallest absolute Gasteiger partial charge is 0.0566 e. The van der Waals surface area contributed by atoms with Crippen LogP contribution in [-0.4, -0.2) is 31.3 Å². The molecule has 0 saturated carbocycles. The van der Waals surface area contributed by atoms with Gasteiger partial charge < -0.3 is 17.2 Å². The van der Waals surface area contributed by atoms with Crippen molar-refractivity contribution < 1.29 is 0 Å². The summed E-state index contributed by atoms with van der Waals surface area (Å²) in [6.07, 6.45) is 3.21. The number of aromatic amines is 1. The van der Waals surface area contributed by atoms with Crippen molar-refractivity contribution in [2.24, 2.45) is 17.2 Å². The first-order chi connectivity index (χ1) is 5.50. The second-order valence-electron chi connectivity index (χ2n) is 0.698. The van der Waals surface area contributed by atoms with E-state index in [1.165, 1.54) is 21.1 Å². The molecule has 7 N–H and O–H groups in total. The minimum Gasteiger partial charge on any atom is -0.333 e. The minimum absolute atomic E-state index is 1.50. The van der Waals surface area contributed by atoms with Crippen LogP contribution in [0.25, 0.3) is 0 Å². The molecule has 1 rings (SSSR count). The number of hydrogen-bond donors (Lipinski definition) is 4. The average Bonchev–Trinajstić information content (AvgIpc) is 2.71. The molecule has 1 radical (unpaired) electrons. The summed E-state index contributed by atoms with van der Waals surface area (Å²) in [6.45, 7) is 0. The van der Waals surface area contributed by atoms with Gasteiger partial charge in [0.2, 0.25) is 0 Å². The van der Waals surface area contributed by atoms with E-state index in [1.807, 2.05) is 0 Å². The maximum atomic E-state index is 4.50. The predicted octanol–water partition coefficient (Wildman–Crippen LogP) is -1.07. The third-order valence-electron chi connectivity index (χ3n) is 0.362. The number of hydrogen-bond acceptors (Lipinski definition) is 4. The van der Waals surface area contributed by atoms with Gasteiger partial charge in [-0.25, -0.2) is 0 Å². The summed E-state index contributed by atoms with van der Waals surface area (Å²) >= 11 is 0. The van der Waals surface area contributed by atoms with Crippen molar-refractivity contribution in [1.82, 2.24) is 10.2 Å². The van der Waals surface area contributed by atoms with E-state index in [0.717, 1.165) is 0 Å². The first kappa shape index (κ1) is 16.6. The molecule has 0 spiro atoms. The summed E-state index contributed by atoms with van der Waals surface area (Å²) in [7, 11) is 4.50. The molecule has 0 saturated heterocycles. The molecule has 0 aliphatic carbocycles. The van der Waals surface area contributed by atoms with Crippen molar-refractivity contribution in [3.63, 3.8) is 0 Å². The van der Waals surface area contributed by atoms with Gasteiger partial charge in [0.05, 0.1) is 6.20 Å². The Morgan fingerprint density at radius 3 is 1.64 bits per heavy atom. The van der Waals surface area contributed by atoms with Gasteiger partial charge >= 0.3 is 0 Å². The first-order valence-electron chi connectivity index (χ1n) is 3.08. The van der Waals surface area contributed by atoms with E-state index in [2.05, 4.69) is 33.5 Å². The fourth-order valence-corrected chi connectivity index (χ4v) is 0.186. The van der Waals surface area contributed by atoms with E-state index < -0.39 is 0 Å². The van der Waals surface area contributed by atoms with Crippen LogP contribution in [0.5, 0.6) is 0 Å². The van der Waals surface area contributed by atoms with Crippen LogP contribution in [0.15, 0.2) is 12.4 Å². The Balaban J connectivity index is -0.0000000933. The van der Waals surface area contributed by atoms with Gasteiger partial charge in [0, 0.05) is 12.3 Å². The Morgan fingerprint density at radius 2 is 1.55 bits per heavy atom. The van der Waals surface area contributed by atoms with Crippen molar-refractivity contribution in [3.8, 4) is 0 Å². The maximum absolute atomic E-state index is 4.50. The molecule has 1 heterocycles. The zero-order chi connectivity index (χ0) is 9.54. The molecule has 0 aliphatic rings. The van der Waals surface area contributed by atoms with Crippen LogP contribution < -0.4 is 17.2 Å². The highest BCUT2D eigenvalue weighted by molar-refractivity contribution is 4.68. The number of nitrogens with zero attached hydrogens (tertiary/aromatic N) is 1. The highest BCUT2D eigenvalue weighted by Crippen LogP contribution is 1.62. The molecule has 67 valence electrons. The lowest BCUT2D eigenvalue weighted by Crippen LogP contribution is -1.69. The molecule has 1 aromatic rings. The van der Waals surface area contributed by atoms with Gasteiger partial charge in [-0.05, 0) is 21.1 Å². The summed E-state index contributed by atoms with van der Waals surface area (Å²) in [4.78, 5) is 0. The van der Waals surface area contributed by atoms with Gasteiger partial charge in [-0.15, -0.1) is 0 Å². The topological polar surface area (TPSA) is 107 Å². The molecule has 0 amide bonds. The second-order valence-corrected chi connectivity index (χ2v) is 0.698. The standard InChI is InChI=1S/C3H3N2.3CH5N/c1-2-4-5-3-1;3*1-2/h2-3H,(H,4,5);3*2H2,1H3. The van der Waals surface area contributed by atoms with Crippen molar-refractivity contribution in [3.05, 3.63) is 18.5 Å². The molecule has 0 aliphatic heterocycles. The third kappa shape index (κ3) is 27.3. The van der Waals surface area contributed by atoms with Crippen LogP contribution in [0.4, 0.5) is 0 Å². The lowest BCUT2D eigenvalue weighted by molar-refractivity contribution is 1.09. The van der Waals surface area contributed by atoms with Crippen LogP contribution in [0.2, 0.25) is 0 Å². The number of nitrogens with two attached hydrogens (primary N) is 3. The molecule has 1 aromatic heterocycles. The molecule has 0 bridgehead atoms. The van der Waals surface area contributed by atoms with Gasteiger partial charge in [-0.2, -0.15) is 5.10 Å². The number of nitrogens with one attached hydrogen (secondary N) is 1.